The molecule has 0 bridgehead atoms. The molecule has 0 saturated heterocycles. The molecule has 7 nitrogen and oxygen atoms in total. The number of amides is 2. The molecule has 5 N–H and O–H groups in total. The molecule has 1 aromatic heterocycles. The van der Waals surface area contributed by atoms with E-state index in [-0.39, 0.29) is 17.1 Å². The summed E-state index contributed by atoms with van der Waals surface area (Å²) in [6.07, 6.45) is 1.41. The number of aromatic nitrogens is 1. The highest BCUT2D eigenvalue weighted by Crippen LogP contribution is 2.23. The quantitative estimate of drug-likeness (QED) is 0.360. The maximum absolute atomic E-state index is 12.7. The van der Waals surface area contributed by atoms with Crippen LogP contribution in [0, 0.1) is 5.41 Å². The Kier molecular flexibility index (Phi) is 6.11. The highest BCUT2D eigenvalue weighted by Gasteiger charge is 2.16. The van der Waals surface area contributed by atoms with Gasteiger partial charge in [0.25, 0.3) is 11.8 Å². The first-order valence-electron chi connectivity index (χ1n) is 8.32. The van der Waals surface area contributed by atoms with Crippen LogP contribution >= 0.6 is 23.2 Å². The largest absolute Gasteiger partial charge is 0.384 e. The number of halogens is 2. The van der Waals surface area contributed by atoms with Gasteiger partial charge in [0.2, 0.25) is 0 Å². The number of hydrogen-bond acceptors (Lipinski definition) is 4. The van der Waals surface area contributed by atoms with Crippen LogP contribution in [-0.2, 0) is 0 Å². The summed E-state index contributed by atoms with van der Waals surface area (Å²) in [4.78, 5) is 29.3. The van der Waals surface area contributed by atoms with Gasteiger partial charge in [-0.1, -0.05) is 35.3 Å². The Morgan fingerprint density at radius 2 is 1.52 bits per heavy atom. The van der Waals surface area contributed by atoms with Gasteiger partial charge < -0.3 is 16.4 Å². The fourth-order valence-electron chi connectivity index (χ4n) is 2.44. The molecule has 0 aliphatic rings. The third kappa shape index (κ3) is 5.10. The maximum atomic E-state index is 12.7. The molecule has 2 amide bonds. The van der Waals surface area contributed by atoms with Gasteiger partial charge >= 0.3 is 0 Å². The van der Waals surface area contributed by atoms with Crippen LogP contribution in [0.2, 0.25) is 10.0 Å². The molecule has 1 heterocycles. The van der Waals surface area contributed by atoms with Crippen molar-refractivity contribution in [3.8, 4) is 0 Å². The van der Waals surface area contributed by atoms with Gasteiger partial charge in [-0.3, -0.25) is 15.0 Å². The standard InChI is InChI=1S/C20H15Cl2N5O2/c21-13-5-7-16(26-19(28)12-3-1-11(2-4-12)18(23)24)15(9-13)20(29)27-17-8-6-14(22)10-25-17/h1-10H,(H3,23,24)(H,26,28)(H,25,27,29). The fourth-order valence-corrected chi connectivity index (χ4v) is 2.73. The molecule has 0 radical (unpaired) electrons. The van der Waals surface area contributed by atoms with Gasteiger partial charge in [-0.2, -0.15) is 0 Å². The molecule has 3 rings (SSSR count). The summed E-state index contributed by atoms with van der Waals surface area (Å²) < 4.78 is 0. The summed E-state index contributed by atoms with van der Waals surface area (Å²) in [5.74, 6) is -0.716. The maximum Gasteiger partial charge on any atom is 0.258 e. The molecular formula is C20H15Cl2N5O2. The van der Waals surface area contributed by atoms with Crippen LogP contribution < -0.4 is 16.4 Å². The van der Waals surface area contributed by atoms with Crippen LogP contribution in [0.15, 0.2) is 60.8 Å². The minimum Gasteiger partial charge on any atom is -0.384 e. The minimum absolute atomic E-state index is 0.0931. The molecular weight excluding hydrogens is 413 g/mol. The summed E-state index contributed by atoms with van der Waals surface area (Å²) in [5.41, 5.74) is 6.71. The smallest absolute Gasteiger partial charge is 0.258 e. The van der Waals surface area contributed by atoms with Crippen molar-refractivity contribution in [3.05, 3.63) is 87.5 Å². The number of anilines is 2. The lowest BCUT2D eigenvalue weighted by molar-refractivity contribution is 0.102. The van der Waals surface area contributed by atoms with Gasteiger partial charge in [0.1, 0.15) is 11.7 Å². The predicted molar refractivity (Wildman–Crippen MR) is 114 cm³/mol. The Balaban J connectivity index is 1.82. The van der Waals surface area contributed by atoms with E-state index >= 15 is 0 Å². The Morgan fingerprint density at radius 1 is 0.862 bits per heavy atom. The van der Waals surface area contributed by atoms with Gasteiger partial charge in [0.15, 0.2) is 0 Å². The van der Waals surface area contributed by atoms with Crippen molar-refractivity contribution in [2.24, 2.45) is 5.73 Å². The molecule has 29 heavy (non-hydrogen) atoms. The number of amidine groups is 1. The first kappa shape index (κ1) is 20.3. The molecule has 9 heteroatoms. The van der Waals surface area contributed by atoms with Crippen molar-refractivity contribution in [2.75, 3.05) is 10.6 Å². The van der Waals surface area contributed by atoms with Crippen LogP contribution in [0.25, 0.3) is 0 Å². The van der Waals surface area contributed by atoms with Crippen LogP contribution in [0.3, 0.4) is 0 Å². The van der Waals surface area contributed by atoms with Crippen molar-refractivity contribution in [1.82, 2.24) is 4.98 Å². The van der Waals surface area contributed by atoms with Crippen molar-refractivity contribution >= 4 is 52.4 Å². The van der Waals surface area contributed by atoms with Crippen molar-refractivity contribution in [1.29, 1.82) is 5.41 Å². The Labute approximate surface area is 176 Å². The summed E-state index contributed by atoms with van der Waals surface area (Å²) in [5, 5.41) is 13.5. The molecule has 0 saturated carbocycles. The lowest BCUT2D eigenvalue weighted by atomic mass is 10.1. The number of carbonyl (C=O) groups excluding carboxylic acids is 2. The van der Waals surface area contributed by atoms with Crippen molar-refractivity contribution < 1.29 is 9.59 Å². The first-order valence-corrected chi connectivity index (χ1v) is 9.07. The number of hydrogen-bond donors (Lipinski definition) is 4. The number of benzene rings is 2. The van der Waals surface area contributed by atoms with E-state index in [1.165, 1.54) is 18.3 Å². The van der Waals surface area contributed by atoms with Gasteiger partial charge in [-0.25, -0.2) is 4.98 Å². The average Bonchev–Trinajstić information content (AvgIpc) is 2.71. The Morgan fingerprint density at radius 3 is 2.14 bits per heavy atom. The minimum atomic E-state index is -0.496. The van der Waals surface area contributed by atoms with E-state index in [1.807, 2.05) is 0 Å². The van der Waals surface area contributed by atoms with Crippen LogP contribution in [0.5, 0.6) is 0 Å². The highest BCUT2D eigenvalue weighted by atomic mass is 35.5. The molecule has 0 aliphatic heterocycles. The van der Waals surface area contributed by atoms with Crippen LogP contribution in [0.4, 0.5) is 11.5 Å². The average molecular weight is 428 g/mol. The zero-order chi connectivity index (χ0) is 21.0. The van der Waals surface area contributed by atoms with E-state index in [0.717, 1.165) is 0 Å². The van der Waals surface area contributed by atoms with Gasteiger partial charge in [-0.15, -0.1) is 0 Å². The van der Waals surface area contributed by atoms with E-state index in [1.54, 1.807) is 42.5 Å². The second kappa shape index (κ2) is 8.72. The monoisotopic (exact) mass is 427 g/mol. The normalized spacial score (nSPS) is 10.3. The third-order valence-corrected chi connectivity index (χ3v) is 4.36. The Bertz CT molecular complexity index is 1080. The van der Waals surface area contributed by atoms with Gasteiger partial charge in [-0.05, 0) is 42.5 Å². The Hall–Kier alpha value is -3.42. The number of nitrogens with two attached hydrogens (primary N) is 1. The molecule has 146 valence electrons. The molecule has 2 aromatic carbocycles. The van der Waals surface area contributed by atoms with Crippen molar-refractivity contribution in [3.63, 3.8) is 0 Å². The summed E-state index contributed by atoms with van der Waals surface area (Å²) in [6.45, 7) is 0. The number of nitrogen functional groups attached to an aromatic ring is 1. The fraction of sp³-hybridized carbons (Fsp3) is 0. The SMILES string of the molecule is N=C(N)c1ccc(C(=O)Nc2ccc(Cl)cc2C(=O)Nc2ccc(Cl)cn2)cc1. The number of rotatable bonds is 5. The second-order valence-electron chi connectivity index (χ2n) is 5.95. The highest BCUT2D eigenvalue weighted by molar-refractivity contribution is 6.31. The van der Waals surface area contributed by atoms with Gasteiger partial charge in [0.05, 0.1) is 16.3 Å². The number of pyridine rings is 1. The summed E-state index contributed by atoms with van der Waals surface area (Å²) in [6, 6.07) is 13.9. The summed E-state index contributed by atoms with van der Waals surface area (Å²) >= 11 is 11.8. The van der Waals surface area contributed by atoms with Crippen LogP contribution in [0.1, 0.15) is 26.3 Å². The molecule has 0 spiro atoms. The second-order valence-corrected chi connectivity index (χ2v) is 6.82. The number of nitrogens with one attached hydrogen (secondary N) is 3. The predicted octanol–water partition coefficient (Wildman–Crippen LogP) is 4.18. The molecule has 0 aliphatic carbocycles. The molecule has 3 aromatic rings. The number of nitrogens with zero attached hydrogens (tertiary/aromatic N) is 1. The van der Waals surface area contributed by atoms with E-state index in [4.69, 9.17) is 34.3 Å². The lowest BCUT2D eigenvalue weighted by Crippen LogP contribution is -2.19. The zero-order valence-corrected chi connectivity index (χ0v) is 16.4. The lowest BCUT2D eigenvalue weighted by Gasteiger charge is -2.12. The molecule has 0 fully saturated rings. The van der Waals surface area contributed by atoms with E-state index < -0.39 is 11.8 Å². The topological polar surface area (TPSA) is 121 Å². The zero-order valence-electron chi connectivity index (χ0n) is 14.9. The number of carbonyl (C=O) groups is 2. The van der Waals surface area contributed by atoms with E-state index in [0.29, 0.717) is 27.0 Å². The first-order chi connectivity index (χ1) is 13.8. The van der Waals surface area contributed by atoms with Gasteiger partial charge in [0, 0.05) is 22.3 Å². The molecule has 0 atom stereocenters. The van der Waals surface area contributed by atoms with E-state index in [9.17, 15) is 9.59 Å². The molecule has 0 unspecified atom stereocenters. The third-order valence-electron chi connectivity index (χ3n) is 3.90. The summed E-state index contributed by atoms with van der Waals surface area (Å²) in [7, 11) is 0. The van der Waals surface area contributed by atoms with Crippen LogP contribution in [-0.4, -0.2) is 22.6 Å². The van der Waals surface area contributed by atoms with E-state index in [2.05, 4.69) is 15.6 Å². The van der Waals surface area contributed by atoms with Crippen molar-refractivity contribution in [2.45, 2.75) is 0 Å².